The highest BCUT2D eigenvalue weighted by Gasteiger charge is 2.05. The number of nitrogens with one attached hydrogen (secondary N) is 2. The first-order chi connectivity index (χ1) is 8.50. The number of benzene rings is 1. The van der Waals surface area contributed by atoms with Crippen molar-refractivity contribution in [3.8, 4) is 0 Å². The summed E-state index contributed by atoms with van der Waals surface area (Å²) in [6.45, 7) is 5.72. The van der Waals surface area contributed by atoms with E-state index in [1.54, 1.807) is 6.07 Å². The Morgan fingerprint density at radius 2 is 2.00 bits per heavy atom. The maximum Gasteiger partial charge on any atom is 0.222 e. The Kier molecular flexibility index (Phi) is 6.47. The number of hydrogen-bond donors (Lipinski definition) is 2. The summed E-state index contributed by atoms with van der Waals surface area (Å²) in [5.74, 6) is 0.0945. The van der Waals surface area contributed by atoms with Crippen molar-refractivity contribution in [2.75, 3.05) is 13.1 Å². The highest BCUT2D eigenvalue weighted by atomic mass is 35.5. The lowest BCUT2D eigenvalue weighted by atomic mass is 10.2. The fraction of sp³-hybridized carbons (Fsp3) is 0.462. The predicted molar refractivity (Wildman–Crippen MR) is 76.0 cm³/mol. The first-order valence-corrected chi connectivity index (χ1v) is 6.68. The Hall–Kier alpha value is -0.770. The van der Waals surface area contributed by atoms with Gasteiger partial charge in [0.15, 0.2) is 0 Å². The van der Waals surface area contributed by atoms with Crippen molar-refractivity contribution >= 4 is 29.1 Å². The van der Waals surface area contributed by atoms with Crippen LogP contribution >= 0.6 is 23.2 Å². The van der Waals surface area contributed by atoms with Crippen molar-refractivity contribution < 1.29 is 4.79 Å². The van der Waals surface area contributed by atoms with E-state index in [0.29, 0.717) is 29.7 Å². The van der Waals surface area contributed by atoms with Crippen LogP contribution in [0.2, 0.25) is 10.0 Å². The highest BCUT2D eigenvalue weighted by Crippen LogP contribution is 2.20. The molecule has 0 atom stereocenters. The van der Waals surface area contributed by atoms with E-state index in [0.717, 1.165) is 5.56 Å². The molecule has 0 saturated carbocycles. The fourth-order valence-corrected chi connectivity index (χ4v) is 1.84. The first-order valence-electron chi connectivity index (χ1n) is 5.93. The maximum atomic E-state index is 11.3. The van der Waals surface area contributed by atoms with Crippen molar-refractivity contribution in [2.45, 2.75) is 20.4 Å². The predicted octanol–water partition coefficient (Wildman–Crippen LogP) is 2.86. The Balaban J connectivity index is 2.24. The summed E-state index contributed by atoms with van der Waals surface area (Å²) in [6, 6.07) is 5.43. The van der Waals surface area contributed by atoms with Crippen LogP contribution in [0.1, 0.15) is 19.4 Å². The lowest BCUT2D eigenvalue weighted by molar-refractivity contribution is -0.123. The molecule has 18 heavy (non-hydrogen) atoms. The van der Waals surface area contributed by atoms with E-state index in [-0.39, 0.29) is 11.8 Å². The zero-order valence-corrected chi connectivity index (χ0v) is 12.1. The second-order valence-electron chi connectivity index (χ2n) is 4.36. The summed E-state index contributed by atoms with van der Waals surface area (Å²) < 4.78 is 0. The van der Waals surface area contributed by atoms with Crippen LogP contribution in [0.5, 0.6) is 0 Å². The molecule has 3 nitrogen and oxygen atoms in total. The number of carbonyl (C=O) groups excluding carboxylic acids is 1. The van der Waals surface area contributed by atoms with Crippen LogP contribution in [0, 0.1) is 5.92 Å². The van der Waals surface area contributed by atoms with Gasteiger partial charge in [-0.3, -0.25) is 4.79 Å². The normalized spacial score (nSPS) is 10.7. The molecule has 1 aromatic carbocycles. The second kappa shape index (κ2) is 7.62. The molecule has 1 rings (SSSR count). The lowest BCUT2D eigenvalue weighted by Crippen LogP contribution is -2.34. The average Bonchev–Trinajstić information content (AvgIpc) is 2.30. The van der Waals surface area contributed by atoms with Crippen molar-refractivity contribution in [1.29, 1.82) is 0 Å². The molecule has 1 aromatic rings. The molecule has 0 fully saturated rings. The molecular formula is C13H18Cl2N2O. The third-order valence-electron chi connectivity index (χ3n) is 2.46. The fourth-order valence-electron chi connectivity index (χ4n) is 1.37. The van der Waals surface area contributed by atoms with Gasteiger partial charge in [-0.15, -0.1) is 0 Å². The molecule has 0 aliphatic rings. The molecular weight excluding hydrogens is 271 g/mol. The molecule has 0 aliphatic carbocycles. The lowest BCUT2D eigenvalue weighted by Gasteiger charge is -2.09. The third kappa shape index (κ3) is 5.25. The summed E-state index contributed by atoms with van der Waals surface area (Å²) in [7, 11) is 0. The molecule has 0 unspecified atom stereocenters. The Bertz CT molecular complexity index is 408. The van der Waals surface area contributed by atoms with Gasteiger partial charge in [-0.2, -0.15) is 0 Å². The number of amides is 1. The number of rotatable bonds is 6. The summed E-state index contributed by atoms with van der Waals surface area (Å²) >= 11 is 11.9. The molecule has 100 valence electrons. The van der Waals surface area contributed by atoms with Crippen molar-refractivity contribution in [3.05, 3.63) is 33.8 Å². The zero-order chi connectivity index (χ0) is 13.5. The molecule has 0 radical (unpaired) electrons. The van der Waals surface area contributed by atoms with Crippen LogP contribution in [-0.4, -0.2) is 19.0 Å². The van der Waals surface area contributed by atoms with Gasteiger partial charge in [-0.1, -0.05) is 43.1 Å². The van der Waals surface area contributed by atoms with E-state index in [4.69, 9.17) is 23.2 Å². The third-order valence-corrected chi connectivity index (χ3v) is 3.04. The van der Waals surface area contributed by atoms with Gasteiger partial charge in [-0.25, -0.2) is 0 Å². The van der Waals surface area contributed by atoms with Crippen molar-refractivity contribution in [2.24, 2.45) is 5.92 Å². The van der Waals surface area contributed by atoms with Crippen LogP contribution in [0.3, 0.4) is 0 Å². The van der Waals surface area contributed by atoms with Gasteiger partial charge in [0.1, 0.15) is 0 Å². The molecule has 5 heteroatoms. The first kappa shape index (κ1) is 15.3. The Morgan fingerprint density at radius 3 is 2.61 bits per heavy atom. The quantitative estimate of drug-likeness (QED) is 0.791. The largest absolute Gasteiger partial charge is 0.355 e. The number of halogens is 2. The van der Waals surface area contributed by atoms with Gasteiger partial charge < -0.3 is 10.6 Å². The highest BCUT2D eigenvalue weighted by molar-refractivity contribution is 6.35. The van der Waals surface area contributed by atoms with E-state index in [9.17, 15) is 4.79 Å². The molecule has 1 amide bonds. The number of carbonyl (C=O) groups is 1. The average molecular weight is 289 g/mol. The van der Waals surface area contributed by atoms with E-state index in [1.165, 1.54) is 0 Å². The van der Waals surface area contributed by atoms with E-state index in [2.05, 4.69) is 10.6 Å². The van der Waals surface area contributed by atoms with Crippen LogP contribution in [-0.2, 0) is 11.3 Å². The molecule has 0 heterocycles. The van der Waals surface area contributed by atoms with Crippen LogP contribution < -0.4 is 10.6 Å². The van der Waals surface area contributed by atoms with Crippen molar-refractivity contribution in [3.63, 3.8) is 0 Å². The Morgan fingerprint density at radius 1 is 1.28 bits per heavy atom. The molecule has 0 spiro atoms. The van der Waals surface area contributed by atoms with Crippen LogP contribution in [0.4, 0.5) is 0 Å². The molecule has 0 aromatic heterocycles. The van der Waals surface area contributed by atoms with Crippen molar-refractivity contribution in [1.82, 2.24) is 10.6 Å². The number of hydrogen-bond acceptors (Lipinski definition) is 2. The van der Waals surface area contributed by atoms with Gasteiger partial charge in [-0.05, 0) is 17.7 Å². The minimum atomic E-state index is 0.0238. The van der Waals surface area contributed by atoms with Gasteiger partial charge in [0.2, 0.25) is 5.91 Å². The van der Waals surface area contributed by atoms with Gasteiger partial charge in [0.05, 0.1) is 0 Å². The monoisotopic (exact) mass is 288 g/mol. The smallest absolute Gasteiger partial charge is 0.222 e. The van der Waals surface area contributed by atoms with Gasteiger partial charge >= 0.3 is 0 Å². The van der Waals surface area contributed by atoms with E-state index < -0.39 is 0 Å². The van der Waals surface area contributed by atoms with E-state index in [1.807, 2.05) is 26.0 Å². The van der Waals surface area contributed by atoms with Gasteiger partial charge in [0.25, 0.3) is 0 Å². The summed E-state index contributed by atoms with van der Waals surface area (Å²) in [6.07, 6.45) is 0. The summed E-state index contributed by atoms with van der Waals surface area (Å²) in [5, 5.41) is 7.34. The molecule has 0 aliphatic heterocycles. The summed E-state index contributed by atoms with van der Waals surface area (Å²) in [5.41, 5.74) is 0.997. The SMILES string of the molecule is CC(C)C(=O)NCCNCc1ccc(Cl)cc1Cl. The van der Waals surface area contributed by atoms with Gasteiger partial charge in [0, 0.05) is 35.6 Å². The van der Waals surface area contributed by atoms with E-state index >= 15 is 0 Å². The maximum absolute atomic E-state index is 11.3. The van der Waals surface area contributed by atoms with Crippen LogP contribution in [0.15, 0.2) is 18.2 Å². The standard InChI is InChI=1S/C13H18Cl2N2O/c1-9(2)13(18)17-6-5-16-8-10-3-4-11(14)7-12(10)15/h3-4,7,9,16H,5-6,8H2,1-2H3,(H,17,18). The zero-order valence-electron chi connectivity index (χ0n) is 10.6. The molecule has 0 bridgehead atoms. The Labute approximate surface area is 118 Å². The molecule has 2 N–H and O–H groups in total. The minimum Gasteiger partial charge on any atom is -0.355 e. The topological polar surface area (TPSA) is 41.1 Å². The second-order valence-corrected chi connectivity index (χ2v) is 5.20. The minimum absolute atomic E-state index is 0.0238. The summed E-state index contributed by atoms with van der Waals surface area (Å²) in [4.78, 5) is 11.3. The molecule has 0 saturated heterocycles. The van der Waals surface area contributed by atoms with Crippen LogP contribution in [0.25, 0.3) is 0 Å².